The van der Waals surface area contributed by atoms with Crippen molar-refractivity contribution in [1.82, 2.24) is 15.5 Å². The molecule has 2 fully saturated rings. The molecule has 1 heterocycles. The van der Waals surface area contributed by atoms with Gasteiger partial charge in [-0.1, -0.05) is 0 Å². The van der Waals surface area contributed by atoms with Crippen LogP contribution in [0.3, 0.4) is 0 Å². The molecule has 1 aromatic carbocycles. The average molecular weight is 361 g/mol. The molecule has 0 bridgehead atoms. The van der Waals surface area contributed by atoms with E-state index >= 15 is 0 Å². The smallest absolute Gasteiger partial charge is 0.251 e. The molecule has 0 unspecified atom stereocenters. The quantitative estimate of drug-likeness (QED) is 0.750. The number of nitrogens with one attached hydrogen (secondary N) is 2. The predicted octanol–water partition coefficient (Wildman–Crippen LogP) is 1.32. The van der Waals surface area contributed by atoms with Crippen LogP contribution in [-0.2, 0) is 9.59 Å². The molecule has 0 aromatic heterocycles. The van der Waals surface area contributed by atoms with E-state index in [-0.39, 0.29) is 29.6 Å². The van der Waals surface area contributed by atoms with Crippen LogP contribution in [0, 0.1) is 17.7 Å². The topological polar surface area (TPSA) is 78.5 Å². The van der Waals surface area contributed by atoms with Crippen molar-refractivity contribution in [3.8, 4) is 0 Å². The van der Waals surface area contributed by atoms with Crippen molar-refractivity contribution >= 4 is 17.7 Å². The zero-order chi connectivity index (χ0) is 18.5. The molecule has 2 aliphatic rings. The first-order chi connectivity index (χ1) is 12.5. The van der Waals surface area contributed by atoms with Gasteiger partial charge in [-0.25, -0.2) is 4.39 Å². The second-order valence-electron chi connectivity index (χ2n) is 6.93. The molecule has 7 heteroatoms. The molecule has 1 saturated heterocycles. The number of halogens is 1. The van der Waals surface area contributed by atoms with E-state index in [0.717, 1.165) is 12.8 Å². The molecule has 1 aliphatic heterocycles. The number of benzene rings is 1. The highest BCUT2D eigenvalue weighted by Crippen LogP contribution is 2.32. The summed E-state index contributed by atoms with van der Waals surface area (Å²) < 4.78 is 12.8. The third-order valence-electron chi connectivity index (χ3n) is 4.92. The lowest BCUT2D eigenvalue weighted by atomic mass is 9.95. The molecule has 3 amide bonds. The van der Waals surface area contributed by atoms with E-state index in [2.05, 4.69) is 10.6 Å². The summed E-state index contributed by atoms with van der Waals surface area (Å²) in [5.41, 5.74) is 0.380. The first-order valence-corrected chi connectivity index (χ1v) is 9.15. The SMILES string of the molecule is O=C(NCCNC(=O)C1CCN(C(=O)C2CC2)CC1)c1ccc(F)cc1. The lowest BCUT2D eigenvalue weighted by molar-refractivity contribution is -0.136. The Balaban J connectivity index is 1.32. The molecule has 0 radical (unpaired) electrons. The van der Waals surface area contributed by atoms with Crippen LogP contribution in [0.15, 0.2) is 24.3 Å². The summed E-state index contributed by atoms with van der Waals surface area (Å²) >= 11 is 0. The zero-order valence-electron chi connectivity index (χ0n) is 14.7. The summed E-state index contributed by atoms with van der Waals surface area (Å²) in [6, 6.07) is 5.30. The first-order valence-electron chi connectivity index (χ1n) is 9.15. The summed E-state index contributed by atoms with van der Waals surface area (Å²) in [6.07, 6.45) is 3.38. The molecule has 140 valence electrons. The highest BCUT2D eigenvalue weighted by molar-refractivity contribution is 5.94. The summed E-state index contributed by atoms with van der Waals surface area (Å²) in [5, 5.41) is 5.52. The van der Waals surface area contributed by atoms with Crippen LogP contribution in [0.2, 0.25) is 0 Å². The Bertz CT molecular complexity index is 665. The molecule has 26 heavy (non-hydrogen) atoms. The van der Waals surface area contributed by atoms with Crippen molar-refractivity contribution in [2.75, 3.05) is 26.2 Å². The molecular formula is C19H24FN3O3. The molecule has 0 atom stereocenters. The summed E-state index contributed by atoms with van der Waals surface area (Å²) in [4.78, 5) is 38.0. The molecule has 0 spiro atoms. The number of likely N-dealkylation sites (tertiary alicyclic amines) is 1. The minimum Gasteiger partial charge on any atom is -0.354 e. The van der Waals surface area contributed by atoms with Gasteiger partial charge >= 0.3 is 0 Å². The number of nitrogens with zero attached hydrogens (tertiary/aromatic N) is 1. The van der Waals surface area contributed by atoms with Gasteiger partial charge in [0.2, 0.25) is 11.8 Å². The van der Waals surface area contributed by atoms with Crippen LogP contribution in [0.1, 0.15) is 36.0 Å². The monoisotopic (exact) mass is 361 g/mol. The lowest BCUT2D eigenvalue weighted by Gasteiger charge is -2.31. The van der Waals surface area contributed by atoms with Gasteiger partial charge in [-0.3, -0.25) is 14.4 Å². The van der Waals surface area contributed by atoms with E-state index < -0.39 is 5.82 Å². The number of amides is 3. The maximum Gasteiger partial charge on any atom is 0.251 e. The standard InChI is InChI=1S/C19H24FN3O3/c20-16-5-3-13(4-6-16)17(24)21-9-10-22-18(25)14-7-11-23(12-8-14)19(26)15-1-2-15/h3-6,14-15H,1-2,7-12H2,(H,21,24)(H,22,25). The third kappa shape index (κ3) is 4.80. The Hall–Kier alpha value is -2.44. The minimum atomic E-state index is -0.390. The van der Waals surface area contributed by atoms with Crippen LogP contribution in [0.5, 0.6) is 0 Å². The van der Waals surface area contributed by atoms with Crippen molar-refractivity contribution in [2.24, 2.45) is 11.8 Å². The van der Waals surface area contributed by atoms with Crippen molar-refractivity contribution in [1.29, 1.82) is 0 Å². The molecule has 6 nitrogen and oxygen atoms in total. The lowest BCUT2D eigenvalue weighted by Crippen LogP contribution is -2.44. The van der Waals surface area contributed by atoms with Crippen LogP contribution >= 0.6 is 0 Å². The molecule has 1 aliphatic carbocycles. The number of hydrogen-bond acceptors (Lipinski definition) is 3. The Morgan fingerprint density at radius 3 is 2.15 bits per heavy atom. The minimum absolute atomic E-state index is 0.0282. The number of carbonyl (C=O) groups is 3. The fraction of sp³-hybridized carbons (Fsp3) is 0.526. The van der Waals surface area contributed by atoms with Gasteiger partial charge in [0.25, 0.3) is 5.91 Å². The summed E-state index contributed by atoms with van der Waals surface area (Å²) in [5.74, 6) is -0.326. The van der Waals surface area contributed by atoms with E-state index in [4.69, 9.17) is 0 Å². The molecule has 2 N–H and O–H groups in total. The van der Waals surface area contributed by atoms with Gasteiger partial charge in [0.1, 0.15) is 5.82 Å². The van der Waals surface area contributed by atoms with Gasteiger partial charge in [0.05, 0.1) is 0 Å². The van der Waals surface area contributed by atoms with E-state index in [0.29, 0.717) is 44.6 Å². The number of rotatable bonds is 6. The second-order valence-corrected chi connectivity index (χ2v) is 6.93. The van der Waals surface area contributed by atoms with E-state index in [9.17, 15) is 18.8 Å². The molecule has 3 rings (SSSR count). The summed E-state index contributed by atoms with van der Waals surface area (Å²) in [6.45, 7) is 1.94. The zero-order valence-corrected chi connectivity index (χ0v) is 14.7. The highest BCUT2D eigenvalue weighted by atomic mass is 19.1. The Morgan fingerprint density at radius 2 is 1.54 bits per heavy atom. The third-order valence-corrected chi connectivity index (χ3v) is 4.92. The van der Waals surface area contributed by atoms with Gasteiger partial charge in [-0.05, 0) is 49.9 Å². The predicted molar refractivity (Wildman–Crippen MR) is 93.8 cm³/mol. The number of hydrogen-bond donors (Lipinski definition) is 2. The fourth-order valence-electron chi connectivity index (χ4n) is 3.16. The summed E-state index contributed by atoms with van der Waals surface area (Å²) in [7, 11) is 0. The van der Waals surface area contributed by atoms with Crippen molar-refractivity contribution < 1.29 is 18.8 Å². The fourth-order valence-corrected chi connectivity index (χ4v) is 3.16. The van der Waals surface area contributed by atoms with Crippen molar-refractivity contribution in [3.05, 3.63) is 35.6 Å². The van der Waals surface area contributed by atoms with Crippen LogP contribution in [-0.4, -0.2) is 48.8 Å². The maximum absolute atomic E-state index is 12.8. The number of carbonyl (C=O) groups excluding carboxylic acids is 3. The molecule has 1 aromatic rings. The molecular weight excluding hydrogens is 337 g/mol. The van der Waals surface area contributed by atoms with Crippen LogP contribution < -0.4 is 10.6 Å². The Labute approximate surface area is 152 Å². The van der Waals surface area contributed by atoms with E-state index in [1.165, 1.54) is 24.3 Å². The largest absolute Gasteiger partial charge is 0.354 e. The normalized spacial score (nSPS) is 17.7. The second kappa shape index (κ2) is 8.29. The van der Waals surface area contributed by atoms with Crippen molar-refractivity contribution in [2.45, 2.75) is 25.7 Å². The number of piperidine rings is 1. The van der Waals surface area contributed by atoms with Gasteiger partial charge in [0, 0.05) is 43.6 Å². The Morgan fingerprint density at radius 1 is 0.923 bits per heavy atom. The van der Waals surface area contributed by atoms with Crippen molar-refractivity contribution in [3.63, 3.8) is 0 Å². The highest BCUT2D eigenvalue weighted by Gasteiger charge is 2.35. The van der Waals surface area contributed by atoms with Crippen LogP contribution in [0.4, 0.5) is 4.39 Å². The maximum atomic E-state index is 12.8. The van der Waals surface area contributed by atoms with Gasteiger partial charge in [-0.15, -0.1) is 0 Å². The first kappa shape index (κ1) is 18.4. The molecule has 1 saturated carbocycles. The van der Waals surface area contributed by atoms with Gasteiger partial charge in [0.15, 0.2) is 0 Å². The van der Waals surface area contributed by atoms with E-state index in [1.807, 2.05) is 4.90 Å². The van der Waals surface area contributed by atoms with Crippen LogP contribution in [0.25, 0.3) is 0 Å². The van der Waals surface area contributed by atoms with Gasteiger partial charge in [-0.2, -0.15) is 0 Å². The Kier molecular flexibility index (Phi) is 5.85. The van der Waals surface area contributed by atoms with E-state index in [1.54, 1.807) is 0 Å². The van der Waals surface area contributed by atoms with Gasteiger partial charge < -0.3 is 15.5 Å². The average Bonchev–Trinajstić information content (AvgIpc) is 3.50.